The Balaban J connectivity index is 1.73. The molecule has 1 aromatic carbocycles. The van der Waals surface area contributed by atoms with Crippen LogP contribution in [0.25, 0.3) is 0 Å². The Hall–Kier alpha value is -1.59. The molecule has 3 rings (SSSR count). The molecule has 3 atom stereocenters. The number of nitrogens with two attached hydrogens (primary N) is 1. The van der Waals surface area contributed by atoms with E-state index in [-0.39, 0.29) is 11.5 Å². The molecule has 0 radical (unpaired) electrons. The van der Waals surface area contributed by atoms with Gasteiger partial charge in [-0.05, 0) is 18.9 Å². The number of nitrogens with zero attached hydrogens (tertiary/aromatic N) is 1. The van der Waals surface area contributed by atoms with Crippen LogP contribution in [0.1, 0.15) is 32.3 Å². The molecule has 126 valence electrons. The summed E-state index contributed by atoms with van der Waals surface area (Å²) in [5.41, 5.74) is 8.24. The Morgan fingerprint density at radius 2 is 2.22 bits per heavy atom. The Kier molecular flexibility index (Phi) is 4.60. The van der Waals surface area contributed by atoms with Gasteiger partial charge in [0.2, 0.25) is 0 Å². The zero-order valence-electron chi connectivity index (χ0n) is 14.2. The highest BCUT2D eigenvalue weighted by atomic mass is 16.5. The standard InChI is InChI=1S/C18H27N3O2/c1-18(2)15(13-8-6-10-23-16(13)18)21-17(19)20-14-9-5-4-7-12(14)11-22-3/h4-5,7,9,13,15-16H,6,8,10-11H2,1-3H3,(H3,19,20,21). The normalized spacial score (nSPS) is 29.5. The van der Waals surface area contributed by atoms with Gasteiger partial charge in [-0.15, -0.1) is 0 Å². The van der Waals surface area contributed by atoms with Crippen molar-refractivity contribution in [1.82, 2.24) is 0 Å². The lowest BCUT2D eigenvalue weighted by Gasteiger charge is -2.58. The molecule has 1 heterocycles. The molecule has 3 unspecified atom stereocenters. The van der Waals surface area contributed by atoms with Crippen LogP contribution in [0.3, 0.4) is 0 Å². The van der Waals surface area contributed by atoms with Gasteiger partial charge in [-0.3, -0.25) is 0 Å². The number of ether oxygens (including phenoxy) is 2. The summed E-state index contributed by atoms with van der Waals surface area (Å²) in [6, 6.07) is 8.21. The molecule has 5 heteroatoms. The molecular weight excluding hydrogens is 290 g/mol. The smallest absolute Gasteiger partial charge is 0.193 e. The first-order valence-corrected chi connectivity index (χ1v) is 8.32. The third-order valence-corrected chi connectivity index (χ3v) is 5.13. The van der Waals surface area contributed by atoms with Crippen LogP contribution in [0.15, 0.2) is 29.3 Å². The van der Waals surface area contributed by atoms with E-state index in [1.165, 1.54) is 6.42 Å². The molecule has 1 aromatic rings. The number of para-hydroxylation sites is 1. The van der Waals surface area contributed by atoms with Gasteiger partial charge in [0, 0.05) is 36.3 Å². The molecule has 1 saturated carbocycles. The van der Waals surface area contributed by atoms with E-state index in [0.717, 1.165) is 24.3 Å². The monoisotopic (exact) mass is 317 g/mol. The molecule has 1 saturated heterocycles. The molecule has 2 fully saturated rings. The highest BCUT2D eigenvalue weighted by Gasteiger charge is 2.58. The third-order valence-electron chi connectivity index (χ3n) is 5.13. The van der Waals surface area contributed by atoms with Gasteiger partial charge in [0.25, 0.3) is 0 Å². The van der Waals surface area contributed by atoms with Crippen molar-refractivity contribution in [3.63, 3.8) is 0 Å². The summed E-state index contributed by atoms with van der Waals surface area (Å²) >= 11 is 0. The number of rotatable bonds is 4. The van der Waals surface area contributed by atoms with Gasteiger partial charge in [0.05, 0.1) is 18.8 Å². The molecule has 2 aliphatic rings. The van der Waals surface area contributed by atoms with Gasteiger partial charge in [0.15, 0.2) is 5.96 Å². The van der Waals surface area contributed by atoms with Crippen LogP contribution in [0, 0.1) is 11.3 Å². The summed E-state index contributed by atoms with van der Waals surface area (Å²) < 4.78 is 11.2. The SMILES string of the molecule is COCc1ccccc1NC(N)=NC1C2CCCOC2C1(C)C. The number of nitrogens with one attached hydrogen (secondary N) is 1. The van der Waals surface area contributed by atoms with E-state index in [0.29, 0.717) is 24.6 Å². The summed E-state index contributed by atoms with van der Waals surface area (Å²) in [4.78, 5) is 4.78. The Morgan fingerprint density at radius 1 is 1.43 bits per heavy atom. The molecule has 0 aromatic heterocycles. The maximum atomic E-state index is 6.18. The summed E-state index contributed by atoms with van der Waals surface area (Å²) in [6.07, 6.45) is 2.61. The second-order valence-corrected chi connectivity index (χ2v) is 7.09. The quantitative estimate of drug-likeness (QED) is 0.662. The van der Waals surface area contributed by atoms with E-state index in [1.54, 1.807) is 7.11 Å². The lowest BCUT2D eigenvalue weighted by Crippen LogP contribution is -2.64. The van der Waals surface area contributed by atoms with Crippen LogP contribution in [0.4, 0.5) is 5.69 Å². The van der Waals surface area contributed by atoms with Crippen molar-refractivity contribution in [3.8, 4) is 0 Å². The van der Waals surface area contributed by atoms with Crippen molar-refractivity contribution in [2.75, 3.05) is 19.0 Å². The third kappa shape index (κ3) is 3.08. The minimum absolute atomic E-state index is 0.0451. The van der Waals surface area contributed by atoms with Crippen molar-refractivity contribution in [1.29, 1.82) is 0 Å². The minimum atomic E-state index is 0.0451. The topological polar surface area (TPSA) is 68.9 Å². The van der Waals surface area contributed by atoms with Gasteiger partial charge in [0.1, 0.15) is 0 Å². The van der Waals surface area contributed by atoms with Gasteiger partial charge in [-0.25, -0.2) is 4.99 Å². The number of hydrogen-bond donors (Lipinski definition) is 2. The van der Waals surface area contributed by atoms with E-state index in [2.05, 4.69) is 19.2 Å². The number of methoxy groups -OCH3 is 1. The van der Waals surface area contributed by atoms with E-state index >= 15 is 0 Å². The molecule has 1 aliphatic carbocycles. The van der Waals surface area contributed by atoms with Crippen molar-refractivity contribution < 1.29 is 9.47 Å². The first-order valence-electron chi connectivity index (χ1n) is 8.32. The lowest BCUT2D eigenvalue weighted by molar-refractivity contribution is -0.182. The Morgan fingerprint density at radius 3 is 3.00 bits per heavy atom. The first-order chi connectivity index (χ1) is 11.0. The summed E-state index contributed by atoms with van der Waals surface area (Å²) in [7, 11) is 1.69. The predicted molar refractivity (Wildman–Crippen MR) is 92.4 cm³/mol. The Labute approximate surface area is 138 Å². The summed E-state index contributed by atoms with van der Waals surface area (Å²) in [5.74, 6) is 0.962. The zero-order chi connectivity index (χ0) is 16.4. The van der Waals surface area contributed by atoms with Crippen molar-refractivity contribution in [3.05, 3.63) is 29.8 Å². The molecule has 3 N–H and O–H groups in total. The molecule has 0 amide bonds. The van der Waals surface area contributed by atoms with E-state index in [1.807, 2.05) is 24.3 Å². The molecule has 5 nitrogen and oxygen atoms in total. The predicted octanol–water partition coefficient (Wildman–Crippen LogP) is 2.76. The fourth-order valence-electron chi connectivity index (χ4n) is 4.00. The average molecular weight is 317 g/mol. The van der Waals surface area contributed by atoms with Crippen molar-refractivity contribution >= 4 is 11.6 Å². The van der Waals surface area contributed by atoms with Gasteiger partial charge in [-0.2, -0.15) is 0 Å². The molecule has 23 heavy (non-hydrogen) atoms. The largest absolute Gasteiger partial charge is 0.380 e. The van der Waals surface area contributed by atoms with Gasteiger partial charge >= 0.3 is 0 Å². The van der Waals surface area contributed by atoms with Crippen LogP contribution >= 0.6 is 0 Å². The number of aliphatic imine (C=N–C) groups is 1. The lowest BCUT2D eigenvalue weighted by atomic mass is 9.55. The number of anilines is 1. The molecular formula is C18H27N3O2. The maximum absolute atomic E-state index is 6.18. The van der Waals surface area contributed by atoms with E-state index < -0.39 is 0 Å². The molecule has 0 spiro atoms. The number of hydrogen-bond acceptors (Lipinski definition) is 3. The number of benzene rings is 1. The summed E-state index contributed by atoms with van der Waals surface area (Å²) in [5, 5.41) is 3.23. The van der Waals surface area contributed by atoms with Crippen molar-refractivity contribution in [2.45, 2.75) is 45.4 Å². The zero-order valence-corrected chi connectivity index (χ0v) is 14.2. The molecule has 0 bridgehead atoms. The van der Waals surface area contributed by atoms with E-state index in [4.69, 9.17) is 20.2 Å². The molecule has 1 aliphatic heterocycles. The number of guanidine groups is 1. The van der Waals surface area contributed by atoms with Crippen molar-refractivity contribution in [2.24, 2.45) is 22.1 Å². The highest BCUT2D eigenvalue weighted by molar-refractivity contribution is 5.93. The fourth-order valence-corrected chi connectivity index (χ4v) is 4.00. The first kappa shape index (κ1) is 16.3. The second kappa shape index (κ2) is 6.49. The summed E-state index contributed by atoms with van der Waals surface area (Å²) in [6.45, 7) is 5.86. The van der Waals surface area contributed by atoms with Crippen LogP contribution in [0.2, 0.25) is 0 Å². The second-order valence-electron chi connectivity index (χ2n) is 7.09. The average Bonchev–Trinajstić information content (AvgIpc) is 2.55. The fraction of sp³-hybridized carbons (Fsp3) is 0.611. The Bertz CT molecular complexity index is 585. The van der Waals surface area contributed by atoms with Crippen LogP contribution in [-0.2, 0) is 16.1 Å². The van der Waals surface area contributed by atoms with Crippen LogP contribution in [-0.4, -0.2) is 31.8 Å². The van der Waals surface area contributed by atoms with Gasteiger partial charge in [-0.1, -0.05) is 32.0 Å². The minimum Gasteiger partial charge on any atom is -0.380 e. The number of fused-ring (bicyclic) bond motifs is 1. The van der Waals surface area contributed by atoms with E-state index in [9.17, 15) is 0 Å². The van der Waals surface area contributed by atoms with Crippen LogP contribution in [0.5, 0.6) is 0 Å². The highest BCUT2D eigenvalue weighted by Crippen LogP contribution is 2.53. The van der Waals surface area contributed by atoms with Gasteiger partial charge < -0.3 is 20.5 Å². The maximum Gasteiger partial charge on any atom is 0.193 e. The van der Waals surface area contributed by atoms with Crippen LogP contribution < -0.4 is 11.1 Å².